The highest BCUT2D eigenvalue weighted by Gasteiger charge is 2.30. The highest BCUT2D eigenvalue weighted by molar-refractivity contribution is 7.92. The fourth-order valence-electron chi connectivity index (χ4n) is 3.05. The molecule has 0 unspecified atom stereocenters. The Morgan fingerprint density at radius 1 is 1.07 bits per heavy atom. The number of hydrogen-bond acceptors (Lipinski definition) is 3. The van der Waals surface area contributed by atoms with Gasteiger partial charge in [-0.1, -0.05) is 67.4 Å². The zero-order valence-corrected chi connectivity index (χ0v) is 17.3. The summed E-state index contributed by atoms with van der Waals surface area (Å²) in [5.74, 6) is -0.568. The van der Waals surface area contributed by atoms with E-state index in [2.05, 4.69) is 5.32 Å². The molecule has 2 atom stereocenters. The average molecular weight is 388 g/mol. The van der Waals surface area contributed by atoms with E-state index in [4.69, 9.17) is 0 Å². The van der Waals surface area contributed by atoms with Crippen LogP contribution in [0.5, 0.6) is 0 Å². The normalized spacial score (nSPS) is 13.8. The molecule has 0 saturated heterocycles. The van der Waals surface area contributed by atoms with Crippen LogP contribution in [-0.4, -0.2) is 19.6 Å². The first-order valence-electron chi connectivity index (χ1n) is 9.37. The molecule has 0 fully saturated rings. The van der Waals surface area contributed by atoms with E-state index in [1.165, 1.54) is 6.92 Å². The standard InChI is InChI=1S/C22H29NO3S/c1-5-9-21(19-10-7-6-8-11-19)23-22(24)18(4)27(25,26)15-20-14-16(2)12-13-17(20)3/h6-8,10-14,18,21H,5,9,15H2,1-4H3,(H,23,24)/t18-,21+/m1/s1. The molecular formula is C22H29NO3S. The lowest BCUT2D eigenvalue weighted by molar-refractivity contribution is -0.121. The van der Waals surface area contributed by atoms with Crippen LogP contribution in [0.4, 0.5) is 0 Å². The maximum atomic E-state index is 12.8. The number of carbonyl (C=O) groups excluding carboxylic acids is 1. The molecule has 2 aromatic carbocycles. The Morgan fingerprint density at radius 3 is 2.37 bits per heavy atom. The Morgan fingerprint density at radius 2 is 1.74 bits per heavy atom. The molecule has 0 heterocycles. The van der Waals surface area contributed by atoms with Gasteiger partial charge in [-0.25, -0.2) is 8.42 Å². The van der Waals surface area contributed by atoms with Crippen LogP contribution in [0.2, 0.25) is 0 Å². The zero-order chi connectivity index (χ0) is 20.0. The average Bonchev–Trinajstić information content (AvgIpc) is 2.64. The summed E-state index contributed by atoms with van der Waals surface area (Å²) in [4.78, 5) is 12.7. The van der Waals surface area contributed by atoms with Gasteiger partial charge in [-0.15, -0.1) is 0 Å². The second kappa shape index (κ2) is 9.18. The van der Waals surface area contributed by atoms with Crippen LogP contribution in [0.1, 0.15) is 55.0 Å². The first-order chi connectivity index (χ1) is 12.7. The fraction of sp³-hybridized carbons (Fsp3) is 0.409. The van der Waals surface area contributed by atoms with Gasteiger partial charge in [-0.3, -0.25) is 4.79 Å². The second-order valence-electron chi connectivity index (χ2n) is 7.14. The van der Waals surface area contributed by atoms with Gasteiger partial charge in [0.15, 0.2) is 9.84 Å². The predicted molar refractivity (Wildman–Crippen MR) is 110 cm³/mol. The Balaban J connectivity index is 2.15. The van der Waals surface area contributed by atoms with E-state index in [9.17, 15) is 13.2 Å². The van der Waals surface area contributed by atoms with Crippen molar-refractivity contribution < 1.29 is 13.2 Å². The number of benzene rings is 2. The van der Waals surface area contributed by atoms with Crippen molar-refractivity contribution in [1.29, 1.82) is 0 Å². The molecule has 0 aliphatic carbocycles. The van der Waals surface area contributed by atoms with Crippen molar-refractivity contribution in [2.75, 3.05) is 0 Å². The van der Waals surface area contributed by atoms with Crippen molar-refractivity contribution in [3.63, 3.8) is 0 Å². The first kappa shape index (κ1) is 21.2. The van der Waals surface area contributed by atoms with Crippen molar-refractivity contribution in [2.45, 2.75) is 57.6 Å². The molecule has 0 bridgehead atoms. The SMILES string of the molecule is CCC[C@H](NC(=O)[C@@H](C)S(=O)(=O)Cc1cc(C)ccc1C)c1ccccc1. The highest BCUT2D eigenvalue weighted by atomic mass is 32.2. The Bertz CT molecular complexity index is 876. The van der Waals surface area contributed by atoms with E-state index in [-0.39, 0.29) is 11.8 Å². The third-order valence-electron chi connectivity index (χ3n) is 4.87. The van der Waals surface area contributed by atoms with Crippen molar-refractivity contribution in [1.82, 2.24) is 5.32 Å². The number of amides is 1. The van der Waals surface area contributed by atoms with Crippen molar-refractivity contribution in [2.24, 2.45) is 0 Å². The minimum absolute atomic E-state index is 0.126. The van der Waals surface area contributed by atoms with Gasteiger partial charge in [0.05, 0.1) is 11.8 Å². The Kier molecular flexibility index (Phi) is 7.19. The lowest BCUT2D eigenvalue weighted by Gasteiger charge is -2.21. The number of nitrogens with one attached hydrogen (secondary N) is 1. The second-order valence-corrected chi connectivity index (χ2v) is 9.46. The van der Waals surface area contributed by atoms with Gasteiger partial charge in [-0.2, -0.15) is 0 Å². The van der Waals surface area contributed by atoms with Crippen LogP contribution >= 0.6 is 0 Å². The molecule has 0 saturated carbocycles. The van der Waals surface area contributed by atoms with E-state index in [0.29, 0.717) is 0 Å². The van der Waals surface area contributed by atoms with Gasteiger partial charge in [-0.05, 0) is 43.9 Å². The van der Waals surface area contributed by atoms with Crippen LogP contribution in [0, 0.1) is 13.8 Å². The number of rotatable bonds is 8. The molecule has 0 aliphatic rings. The highest BCUT2D eigenvalue weighted by Crippen LogP contribution is 2.21. The molecular weight excluding hydrogens is 358 g/mol. The summed E-state index contributed by atoms with van der Waals surface area (Å²) < 4.78 is 25.6. The molecule has 1 N–H and O–H groups in total. The Hall–Kier alpha value is -2.14. The first-order valence-corrected chi connectivity index (χ1v) is 11.1. The van der Waals surface area contributed by atoms with Crippen LogP contribution < -0.4 is 5.32 Å². The largest absolute Gasteiger partial charge is 0.348 e. The number of carbonyl (C=O) groups is 1. The zero-order valence-electron chi connectivity index (χ0n) is 16.5. The number of hydrogen-bond donors (Lipinski definition) is 1. The minimum atomic E-state index is -3.61. The molecule has 0 aliphatic heterocycles. The van der Waals surface area contributed by atoms with Gasteiger partial charge in [0.1, 0.15) is 5.25 Å². The van der Waals surface area contributed by atoms with Gasteiger partial charge in [0, 0.05) is 0 Å². The van der Waals surface area contributed by atoms with Crippen molar-refractivity contribution in [3.05, 3.63) is 70.8 Å². The van der Waals surface area contributed by atoms with E-state index in [0.717, 1.165) is 35.1 Å². The van der Waals surface area contributed by atoms with E-state index < -0.39 is 21.0 Å². The summed E-state index contributed by atoms with van der Waals surface area (Å²) in [6.45, 7) is 7.34. The van der Waals surface area contributed by atoms with E-state index >= 15 is 0 Å². The molecule has 4 nitrogen and oxygen atoms in total. The number of sulfone groups is 1. The van der Waals surface area contributed by atoms with Crippen LogP contribution in [0.25, 0.3) is 0 Å². The monoisotopic (exact) mass is 387 g/mol. The molecule has 5 heteroatoms. The van der Waals surface area contributed by atoms with Gasteiger partial charge < -0.3 is 5.32 Å². The van der Waals surface area contributed by atoms with Crippen molar-refractivity contribution in [3.8, 4) is 0 Å². The fourth-order valence-corrected chi connectivity index (χ4v) is 4.43. The summed E-state index contributed by atoms with van der Waals surface area (Å²) in [5.41, 5.74) is 3.68. The van der Waals surface area contributed by atoms with Crippen molar-refractivity contribution >= 4 is 15.7 Å². The lowest BCUT2D eigenvalue weighted by atomic mass is 10.0. The van der Waals surface area contributed by atoms with Crippen LogP contribution in [-0.2, 0) is 20.4 Å². The smallest absolute Gasteiger partial charge is 0.238 e. The van der Waals surface area contributed by atoms with Gasteiger partial charge in [0.25, 0.3) is 0 Å². The third kappa shape index (κ3) is 5.67. The molecule has 1 amide bonds. The quantitative estimate of drug-likeness (QED) is 0.736. The Labute approximate surface area is 162 Å². The summed E-state index contributed by atoms with van der Waals surface area (Å²) >= 11 is 0. The van der Waals surface area contributed by atoms with E-state index in [1.54, 1.807) is 0 Å². The molecule has 2 aromatic rings. The lowest BCUT2D eigenvalue weighted by Crippen LogP contribution is -2.40. The van der Waals surface area contributed by atoms with Crippen LogP contribution in [0.3, 0.4) is 0 Å². The molecule has 146 valence electrons. The predicted octanol–water partition coefficient (Wildman–Crippen LogP) is 4.26. The topological polar surface area (TPSA) is 63.2 Å². The molecule has 0 radical (unpaired) electrons. The number of aryl methyl sites for hydroxylation is 2. The minimum Gasteiger partial charge on any atom is -0.348 e. The molecule has 0 spiro atoms. The summed E-state index contributed by atoms with van der Waals surface area (Å²) in [7, 11) is -3.61. The summed E-state index contributed by atoms with van der Waals surface area (Å²) in [6, 6.07) is 15.2. The maximum absolute atomic E-state index is 12.8. The molecule has 27 heavy (non-hydrogen) atoms. The van der Waals surface area contributed by atoms with Gasteiger partial charge >= 0.3 is 0 Å². The molecule has 0 aromatic heterocycles. The van der Waals surface area contributed by atoms with Gasteiger partial charge in [0.2, 0.25) is 5.91 Å². The van der Waals surface area contributed by atoms with E-state index in [1.807, 2.05) is 69.3 Å². The summed E-state index contributed by atoms with van der Waals surface area (Å²) in [6.07, 6.45) is 1.66. The summed E-state index contributed by atoms with van der Waals surface area (Å²) in [5, 5.41) is 1.84. The molecule has 2 rings (SSSR count). The third-order valence-corrected chi connectivity index (χ3v) is 6.87. The van der Waals surface area contributed by atoms with Crippen LogP contribution in [0.15, 0.2) is 48.5 Å². The maximum Gasteiger partial charge on any atom is 0.238 e.